The first-order chi connectivity index (χ1) is 14.7. The largest absolute Gasteiger partial charge is 0.390 e. The Balaban J connectivity index is 1.20. The van der Waals surface area contributed by atoms with Crippen LogP contribution in [0.3, 0.4) is 0 Å². The Labute approximate surface area is 177 Å². The van der Waals surface area contributed by atoms with Crippen LogP contribution in [-0.2, 0) is 30.5 Å². The van der Waals surface area contributed by atoms with E-state index < -0.39 is 6.10 Å². The highest BCUT2D eigenvalue weighted by Gasteiger charge is 2.29. The molecule has 0 radical (unpaired) electrons. The zero-order valence-corrected chi connectivity index (χ0v) is 17.3. The molecule has 30 heavy (non-hydrogen) atoms. The number of carbonyl (C=O) groups is 1. The monoisotopic (exact) mass is 407 g/mol. The summed E-state index contributed by atoms with van der Waals surface area (Å²) in [5.41, 5.74) is 5.44. The van der Waals surface area contributed by atoms with Crippen LogP contribution in [0.2, 0.25) is 0 Å². The molecule has 2 aromatic rings. The number of ether oxygens (including phenoxy) is 1. The molecule has 0 spiro atoms. The number of carbonyl (C=O) groups excluding carboxylic acids is 1. The van der Waals surface area contributed by atoms with Crippen LogP contribution in [0.5, 0.6) is 0 Å². The van der Waals surface area contributed by atoms with E-state index >= 15 is 0 Å². The molecule has 0 bridgehead atoms. The lowest BCUT2D eigenvalue weighted by Gasteiger charge is -2.34. The molecule has 1 unspecified atom stereocenters. The summed E-state index contributed by atoms with van der Waals surface area (Å²) in [5.74, 6) is 0.537. The van der Waals surface area contributed by atoms with E-state index in [0.29, 0.717) is 31.1 Å². The fourth-order valence-corrected chi connectivity index (χ4v) is 4.78. The average Bonchev–Trinajstić information content (AvgIpc) is 2.73. The van der Waals surface area contributed by atoms with Crippen molar-refractivity contribution >= 4 is 5.91 Å². The Morgan fingerprint density at radius 2 is 1.97 bits per heavy atom. The van der Waals surface area contributed by atoms with Crippen molar-refractivity contribution in [3.8, 4) is 0 Å². The maximum atomic E-state index is 13.1. The number of aliphatic hydroxyl groups excluding tert-OH is 1. The molecule has 3 aliphatic rings. The average molecular weight is 408 g/mol. The molecule has 6 nitrogen and oxygen atoms in total. The number of hydrogen-bond acceptors (Lipinski definition) is 5. The predicted molar refractivity (Wildman–Crippen MR) is 113 cm³/mol. The summed E-state index contributed by atoms with van der Waals surface area (Å²) in [4.78, 5) is 21.7. The number of rotatable bonds is 6. The maximum Gasteiger partial charge on any atom is 0.255 e. The van der Waals surface area contributed by atoms with Crippen molar-refractivity contribution < 1.29 is 14.6 Å². The molecule has 0 saturated carbocycles. The Kier molecular flexibility index (Phi) is 5.54. The SMILES string of the molecule is O=C1c2cc(CC3COC3)cnc2CCN1CC(O)CN1CCc2ccccc2C1. The minimum Gasteiger partial charge on any atom is -0.390 e. The molecule has 1 fully saturated rings. The van der Waals surface area contributed by atoms with E-state index in [-0.39, 0.29) is 5.91 Å². The van der Waals surface area contributed by atoms with E-state index in [1.807, 2.05) is 12.3 Å². The smallest absolute Gasteiger partial charge is 0.255 e. The van der Waals surface area contributed by atoms with Crippen LogP contribution in [0.15, 0.2) is 36.5 Å². The molecule has 5 rings (SSSR count). The predicted octanol–water partition coefficient (Wildman–Crippen LogP) is 1.69. The Morgan fingerprint density at radius 3 is 2.77 bits per heavy atom. The van der Waals surface area contributed by atoms with Gasteiger partial charge in [0, 0.05) is 51.3 Å². The quantitative estimate of drug-likeness (QED) is 0.790. The fourth-order valence-electron chi connectivity index (χ4n) is 4.78. The topological polar surface area (TPSA) is 65.9 Å². The third kappa shape index (κ3) is 4.13. The zero-order chi connectivity index (χ0) is 20.5. The highest BCUT2D eigenvalue weighted by atomic mass is 16.5. The lowest BCUT2D eigenvalue weighted by Crippen LogP contribution is -2.46. The molecule has 1 atom stereocenters. The van der Waals surface area contributed by atoms with E-state index in [1.165, 1.54) is 11.1 Å². The second-order valence-electron chi connectivity index (χ2n) is 8.85. The summed E-state index contributed by atoms with van der Waals surface area (Å²) in [5, 5.41) is 10.7. The van der Waals surface area contributed by atoms with E-state index in [9.17, 15) is 9.90 Å². The van der Waals surface area contributed by atoms with Gasteiger partial charge in [-0.2, -0.15) is 0 Å². The van der Waals surface area contributed by atoms with E-state index in [2.05, 4.69) is 34.1 Å². The Hall–Kier alpha value is -2.28. The van der Waals surface area contributed by atoms with Crippen LogP contribution >= 0.6 is 0 Å². The molecule has 0 aliphatic carbocycles. The fraction of sp³-hybridized carbons (Fsp3) is 0.500. The zero-order valence-electron chi connectivity index (χ0n) is 17.3. The number of aromatic nitrogens is 1. The molecule has 1 saturated heterocycles. The van der Waals surface area contributed by atoms with Crippen LogP contribution in [-0.4, -0.2) is 71.3 Å². The van der Waals surface area contributed by atoms with Crippen molar-refractivity contribution in [1.82, 2.24) is 14.8 Å². The number of β-amino-alcohol motifs (C(OH)–C–C–N with tert-alkyl or cyclic N) is 1. The summed E-state index contributed by atoms with van der Waals surface area (Å²) in [7, 11) is 0. The Bertz CT molecular complexity index is 928. The van der Waals surface area contributed by atoms with Gasteiger partial charge < -0.3 is 14.7 Å². The summed E-state index contributed by atoms with van der Waals surface area (Å²) in [6, 6.07) is 10.5. The number of fused-ring (bicyclic) bond motifs is 2. The van der Waals surface area contributed by atoms with Gasteiger partial charge in [-0.15, -0.1) is 0 Å². The first-order valence-corrected chi connectivity index (χ1v) is 11.0. The molecule has 1 aromatic carbocycles. The van der Waals surface area contributed by atoms with Gasteiger partial charge in [-0.25, -0.2) is 0 Å². The molecule has 6 heteroatoms. The molecule has 1 N–H and O–H groups in total. The third-order valence-electron chi connectivity index (χ3n) is 6.50. The van der Waals surface area contributed by atoms with Gasteiger partial charge in [-0.1, -0.05) is 24.3 Å². The van der Waals surface area contributed by atoms with Crippen LogP contribution in [0.25, 0.3) is 0 Å². The van der Waals surface area contributed by atoms with Crippen molar-refractivity contribution in [2.75, 3.05) is 39.4 Å². The minimum absolute atomic E-state index is 0.00139. The lowest BCUT2D eigenvalue weighted by molar-refractivity contribution is -0.0312. The molecular weight excluding hydrogens is 378 g/mol. The molecule has 1 aromatic heterocycles. The van der Waals surface area contributed by atoms with Crippen molar-refractivity contribution in [2.24, 2.45) is 5.92 Å². The molecule has 4 heterocycles. The first-order valence-electron chi connectivity index (χ1n) is 11.0. The van der Waals surface area contributed by atoms with E-state index in [0.717, 1.165) is 56.8 Å². The summed E-state index contributed by atoms with van der Waals surface area (Å²) in [6.07, 6.45) is 4.02. The lowest BCUT2D eigenvalue weighted by atomic mass is 9.95. The molecule has 158 valence electrons. The highest BCUT2D eigenvalue weighted by Crippen LogP contribution is 2.23. The first kappa shape index (κ1) is 19.7. The summed E-state index contributed by atoms with van der Waals surface area (Å²) < 4.78 is 5.26. The van der Waals surface area contributed by atoms with Gasteiger partial charge in [0.05, 0.1) is 30.6 Å². The van der Waals surface area contributed by atoms with Crippen molar-refractivity contribution in [3.05, 3.63) is 64.5 Å². The third-order valence-corrected chi connectivity index (χ3v) is 6.50. The standard InChI is InChI=1S/C24H29N3O3/c28-21(13-26-7-5-19-3-1-2-4-20(19)12-26)14-27-8-6-23-22(24(27)29)10-17(11-25-23)9-18-15-30-16-18/h1-4,10-11,18,21,28H,5-9,12-16H2. The number of hydrogen-bond donors (Lipinski definition) is 1. The van der Waals surface area contributed by atoms with Gasteiger partial charge in [0.15, 0.2) is 0 Å². The number of amides is 1. The molecular formula is C24H29N3O3. The normalized spacial score (nSPS) is 20.4. The van der Waals surface area contributed by atoms with Crippen LogP contribution in [0.1, 0.15) is 32.7 Å². The van der Waals surface area contributed by atoms with Crippen molar-refractivity contribution in [1.29, 1.82) is 0 Å². The van der Waals surface area contributed by atoms with Gasteiger partial charge in [0.2, 0.25) is 0 Å². The summed E-state index contributed by atoms with van der Waals surface area (Å²) >= 11 is 0. The number of pyridine rings is 1. The van der Waals surface area contributed by atoms with Crippen molar-refractivity contribution in [3.63, 3.8) is 0 Å². The van der Waals surface area contributed by atoms with Gasteiger partial charge in [-0.3, -0.25) is 14.7 Å². The van der Waals surface area contributed by atoms with Gasteiger partial charge in [0.25, 0.3) is 5.91 Å². The summed E-state index contributed by atoms with van der Waals surface area (Å²) in [6.45, 7) is 4.98. The second kappa shape index (κ2) is 8.46. The second-order valence-corrected chi connectivity index (χ2v) is 8.85. The van der Waals surface area contributed by atoms with Gasteiger partial charge in [-0.05, 0) is 35.6 Å². The van der Waals surface area contributed by atoms with Crippen molar-refractivity contribution in [2.45, 2.75) is 31.9 Å². The van der Waals surface area contributed by atoms with E-state index in [4.69, 9.17) is 4.74 Å². The van der Waals surface area contributed by atoms with Crippen LogP contribution in [0, 0.1) is 5.92 Å². The number of benzene rings is 1. The van der Waals surface area contributed by atoms with Crippen LogP contribution in [0.4, 0.5) is 0 Å². The Morgan fingerprint density at radius 1 is 1.13 bits per heavy atom. The highest BCUT2D eigenvalue weighted by molar-refractivity contribution is 5.96. The minimum atomic E-state index is -0.552. The number of nitrogens with zero attached hydrogens (tertiary/aromatic N) is 3. The molecule has 1 amide bonds. The van der Waals surface area contributed by atoms with E-state index in [1.54, 1.807) is 4.90 Å². The van der Waals surface area contributed by atoms with Crippen LogP contribution < -0.4 is 0 Å². The van der Waals surface area contributed by atoms with Gasteiger partial charge in [0.1, 0.15) is 0 Å². The molecule has 3 aliphatic heterocycles. The maximum absolute atomic E-state index is 13.1. The number of aliphatic hydroxyl groups is 1. The van der Waals surface area contributed by atoms with Gasteiger partial charge >= 0.3 is 0 Å².